The lowest BCUT2D eigenvalue weighted by molar-refractivity contribution is -0.121. The third-order valence-corrected chi connectivity index (χ3v) is 3.38. The monoisotopic (exact) mass is 306 g/mol. The second-order valence-electron chi connectivity index (χ2n) is 5.26. The van der Waals surface area contributed by atoms with Crippen LogP contribution < -0.4 is 20.1 Å². The Morgan fingerprint density at radius 3 is 2.73 bits per heavy atom. The van der Waals surface area contributed by atoms with Gasteiger partial charge in [0.25, 0.3) is 0 Å². The van der Waals surface area contributed by atoms with Gasteiger partial charge in [-0.3, -0.25) is 9.59 Å². The SMILES string of the molecule is CC(=O)NCCCCCC(=O)NCc1ccc2c(c1)OCO2. The molecule has 1 aliphatic rings. The van der Waals surface area contributed by atoms with Crippen LogP contribution in [0.3, 0.4) is 0 Å². The Bertz CT molecular complexity index is 531. The third kappa shape index (κ3) is 5.27. The minimum absolute atomic E-state index is 0.0125. The van der Waals surface area contributed by atoms with Crippen molar-refractivity contribution in [1.29, 1.82) is 0 Å². The molecule has 0 unspecified atom stereocenters. The predicted octanol–water partition coefficient (Wildman–Crippen LogP) is 1.73. The van der Waals surface area contributed by atoms with E-state index in [9.17, 15) is 9.59 Å². The molecule has 120 valence electrons. The van der Waals surface area contributed by atoms with E-state index in [-0.39, 0.29) is 18.6 Å². The summed E-state index contributed by atoms with van der Waals surface area (Å²) in [7, 11) is 0. The lowest BCUT2D eigenvalue weighted by Gasteiger charge is -2.06. The quantitative estimate of drug-likeness (QED) is 0.717. The second kappa shape index (κ2) is 8.26. The molecule has 0 atom stereocenters. The van der Waals surface area contributed by atoms with Gasteiger partial charge in [0.05, 0.1) is 0 Å². The van der Waals surface area contributed by atoms with E-state index in [1.807, 2.05) is 18.2 Å². The van der Waals surface area contributed by atoms with Crippen molar-refractivity contribution in [2.75, 3.05) is 13.3 Å². The van der Waals surface area contributed by atoms with Gasteiger partial charge >= 0.3 is 0 Å². The zero-order valence-corrected chi connectivity index (χ0v) is 12.8. The predicted molar refractivity (Wildman–Crippen MR) is 81.6 cm³/mol. The Morgan fingerprint density at radius 1 is 1.09 bits per heavy atom. The number of unbranched alkanes of at least 4 members (excludes halogenated alkanes) is 2. The number of hydrogen-bond acceptors (Lipinski definition) is 4. The zero-order valence-electron chi connectivity index (χ0n) is 12.8. The highest BCUT2D eigenvalue weighted by Crippen LogP contribution is 2.32. The molecule has 0 aliphatic carbocycles. The highest BCUT2D eigenvalue weighted by Gasteiger charge is 2.13. The molecule has 0 radical (unpaired) electrons. The fourth-order valence-corrected chi connectivity index (χ4v) is 2.19. The number of ether oxygens (including phenoxy) is 2. The van der Waals surface area contributed by atoms with Gasteiger partial charge in [-0.25, -0.2) is 0 Å². The summed E-state index contributed by atoms with van der Waals surface area (Å²) in [4.78, 5) is 22.4. The van der Waals surface area contributed by atoms with E-state index in [2.05, 4.69) is 10.6 Å². The first-order valence-electron chi connectivity index (χ1n) is 7.55. The Labute approximate surface area is 130 Å². The van der Waals surface area contributed by atoms with Crippen LogP contribution in [0.25, 0.3) is 0 Å². The minimum Gasteiger partial charge on any atom is -0.454 e. The van der Waals surface area contributed by atoms with Crippen LogP contribution in [-0.4, -0.2) is 25.2 Å². The molecule has 0 spiro atoms. The van der Waals surface area contributed by atoms with Crippen molar-refractivity contribution in [2.45, 2.75) is 39.2 Å². The molecule has 2 amide bonds. The molecule has 0 fully saturated rings. The largest absolute Gasteiger partial charge is 0.454 e. The first-order valence-corrected chi connectivity index (χ1v) is 7.55. The summed E-state index contributed by atoms with van der Waals surface area (Å²) < 4.78 is 10.5. The van der Waals surface area contributed by atoms with E-state index in [0.29, 0.717) is 19.5 Å². The fraction of sp³-hybridized carbons (Fsp3) is 0.500. The van der Waals surface area contributed by atoms with Crippen LogP contribution in [0.2, 0.25) is 0 Å². The number of hydrogen-bond donors (Lipinski definition) is 2. The molecule has 0 saturated carbocycles. The number of carbonyl (C=O) groups is 2. The summed E-state index contributed by atoms with van der Waals surface area (Å²) in [5, 5.41) is 5.63. The summed E-state index contributed by atoms with van der Waals surface area (Å²) in [5.41, 5.74) is 0.989. The summed E-state index contributed by atoms with van der Waals surface area (Å²) in [6.07, 6.45) is 3.16. The van der Waals surface area contributed by atoms with Gasteiger partial charge in [0.15, 0.2) is 11.5 Å². The van der Waals surface area contributed by atoms with Crippen LogP contribution in [-0.2, 0) is 16.1 Å². The molecule has 0 saturated heterocycles. The van der Waals surface area contributed by atoms with Crippen LogP contribution in [0, 0.1) is 0 Å². The molecule has 2 rings (SSSR count). The molecule has 1 aromatic rings. The van der Waals surface area contributed by atoms with Gasteiger partial charge in [-0.2, -0.15) is 0 Å². The Morgan fingerprint density at radius 2 is 1.91 bits per heavy atom. The lowest BCUT2D eigenvalue weighted by Crippen LogP contribution is -2.23. The van der Waals surface area contributed by atoms with Gasteiger partial charge in [0, 0.05) is 26.4 Å². The molecule has 6 heteroatoms. The maximum atomic E-state index is 11.8. The van der Waals surface area contributed by atoms with Crippen molar-refractivity contribution >= 4 is 11.8 Å². The normalized spacial score (nSPS) is 12.0. The highest BCUT2D eigenvalue weighted by molar-refractivity contribution is 5.75. The molecule has 1 aliphatic heterocycles. The first-order chi connectivity index (χ1) is 10.6. The zero-order chi connectivity index (χ0) is 15.8. The van der Waals surface area contributed by atoms with Crippen LogP contribution in [0.15, 0.2) is 18.2 Å². The Hall–Kier alpha value is -2.24. The van der Waals surface area contributed by atoms with Gasteiger partial charge in [-0.05, 0) is 30.5 Å². The summed E-state index contributed by atoms with van der Waals surface area (Å²) in [6, 6.07) is 5.66. The molecular weight excluding hydrogens is 284 g/mol. The maximum Gasteiger partial charge on any atom is 0.231 e. The lowest BCUT2D eigenvalue weighted by atomic mass is 10.1. The Kier molecular flexibility index (Phi) is 6.06. The van der Waals surface area contributed by atoms with Crippen molar-refractivity contribution < 1.29 is 19.1 Å². The molecule has 22 heavy (non-hydrogen) atoms. The van der Waals surface area contributed by atoms with Crippen molar-refractivity contribution in [3.63, 3.8) is 0 Å². The maximum absolute atomic E-state index is 11.8. The standard InChI is InChI=1S/C16H22N2O4/c1-12(19)17-8-4-2-3-5-16(20)18-10-13-6-7-14-15(9-13)22-11-21-14/h6-7,9H,2-5,8,10-11H2,1H3,(H,17,19)(H,18,20). The van der Waals surface area contributed by atoms with Gasteiger partial charge in [-0.1, -0.05) is 12.5 Å². The third-order valence-electron chi connectivity index (χ3n) is 3.38. The average molecular weight is 306 g/mol. The number of fused-ring (bicyclic) bond motifs is 1. The number of benzene rings is 1. The Balaban J connectivity index is 1.58. The smallest absolute Gasteiger partial charge is 0.231 e. The first kappa shape index (κ1) is 16.1. The summed E-state index contributed by atoms with van der Waals surface area (Å²) in [6.45, 7) is 2.92. The minimum atomic E-state index is -0.0125. The van der Waals surface area contributed by atoms with E-state index in [0.717, 1.165) is 36.3 Å². The van der Waals surface area contributed by atoms with E-state index in [1.165, 1.54) is 6.92 Å². The number of nitrogens with one attached hydrogen (secondary N) is 2. The molecule has 0 bridgehead atoms. The molecular formula is C16H22N2O4. The molecule has 1 aromatic carbocycles. The van der Waals surface area contributed by atoms with Crippen molar-refractivity contribution in [3.05, 3.63) is 23.8 Å². The second-order valence-corrected chi connectivity index (χ2v) is 5.26. The van der Waals surface area contributed by atoms with Crippen molar-refractivity contribution in [2.24, 2.45) is 0 Å². The van der Waals surface area contributed by atoms with Gasteiger partial charge < -0.3 is 20.1 Å². The molecule has 1 heterocycles. The summed E-state index contributed by atoms with van der Waals surface area (Å²) in [5.74, 6) is 1.50. The number of amides is 2. The van der Waals surface area contributed by atoms with E-state index >= 15 is 0 Å². The van der Waals surface area contributed by atoms with Crippen molar-refractivity contribution in [3.8, 4) is 11.5 Å². The highest BCUT2D eigenvalue weighted by atomic mass is 16.7. The number of rotatable bonds is 8. The van der Waals surface area contributed by atoms with Crippen LogP contribution in [0.1, 0.15) is 38.2 Å². The van der Waals surface area contributed by atoms with Crippen LogP contribution in [0.4, 0.5) is 0 Å². The molecule has 0 aromatic heterocycles. The van der Waals surface area contributed by atoms with Crippen LogP contribution >= 0.6 is 0 Å². The van der Waals surface area contributed by atoms with Crippen molar-refractivity contribution in [1.82, 2.24) is 10.6 Å². The number of carbonyl (C=O) groups excluding carboxylic acids is 2. The topological polar surface area (TPSA) is 76.7 Å². The fourth-order valence-electron chi connectivity index (χ4n) is 2.19. The average Bonchev–Trinajstić information content (AvgIpc) is 2.96. The molecule has 2 N–H and O–H groups in total. The molecule has 6 nitrogen and oxygen atoms in total. The van der Waals surface area contributed by atoms with E-state index in [1.54, 1.807) is 0 Å². The van der Waals surface area contributed by atoms with Crippen LogP contribution in [0.5, 0.6) is 11.5 Å². The van der Waals surface area contributed by atoms with E-state index < -0.39 is 0 Å². The van der Waals surface area contributed by atoms with E-state index in [4.69, 9.17) is 9.47 Å². The van der Waals surface area contributed by atoms with Gasteiger partial charge in [-0.15, -0.1) is 0 Å². The summed E-state index contributed by atoms with van der Waals surface area (Å²) >= 11 is 0. The van der Waals surface area contributed by atoms with Gasteiger partial charge in [0.2, 0.25) is 18.6 Å². The van der Waals surface area contributed by atoms with Gasteiger partial charge in [0.1, 0.15) is 0 Å².